The lowest BCUT2D eigenvalue weighted by Crippen LogP contribution is -2.30. The summed E-state index contributed by atoms with van der Waals surface area (Å²) < 4.78 is 59.1. The fourth-order valence-electron chi connectivity index (χ4n) is 5.90. The van der Waals surface area contributed by atoms with Crippen molar-refractivity contribution in [1.82, 2.24) is 4.90 Å². The van der Waals surface area contributed by atoms with E-state index in [0.29, 0.717) is 43.1 Å². The first-order valence-electron chi connectivity index (χ1n) is 12.8. The fourth-order valence-corrected chi connectivity index (χ4v) is 6.88. The van der Waals surface area contributed by atoms with Crippen LogP contribution in [0.4, 0.5) is 13.2 Å². The molecule has 2 aliphatic heterocycles. The molecular weight excluding hydrogens is 515 g/mol. The maximum absolute atomic E-state index is 14.1. The van der Waals surface area contributed by atoms with Gasteiger partial charge in [0.05, 0.1) is 25.7 Å². The number of carbonyl (C=O) groups is 1. The summed E-state index contributed by atoms with van der Waals surface area (Å²) >= 11 is 1.67. The minimum Gasteiger partial charge on any atom is -0.492 e. The molecule has 0 spiro atoms. The first kappa shape index (κ1) is 25.2. The maximum Gasteiger partial charge on any atom is 0.416 e. The van der Waals surface area contributed by atoms with Crippen molar-refractivity contribution in [2.45, 2.75) is 57.0 Å². The summed E-state index contributed by atoms with van der Waals surface area (Å²) in [4.78, 5) is 15.1. The highest BCUT2D eigenvalue weighted by molar-refractivity contribution is 7.10. The van der Waals surface area contributed by atoms with Crippen molar-refractivity contribution in [2.75, 3.05) is 20.3 Å². The number of hydrogen-bond donors (Lipinski definition) is 0. The number of ether oxygens (including phenoxy) is 3. The van der Waals surface area contributed by atoms with Gasteiger partial charge in [0.15, 0.2) is 0 Å². The van der Waals surface area contributed by atoms with E-state index in [1.165, 1.54) is 23.6 Å². The number of rotatable bonds is 6. The number of fused-ring (bicyclic) bond motifs is 3. The third-order valence-corrected chi connectivity index (χ3v) is 8.79. The van der Waals surface area contributed by atoms with Gasteiger partial charge in [0, 0.05) is 42.1 Å². The highest BCUT2D eigenvalue weighted by atomic mass is 32.1. The van der Waals surface area contributed by atoms with Gasteiger partial charge < -0.3 is 14.2 Å². The van der Waals surface area contributed by atoms with Gasteiger partial charge in [-0.1, -0.05) is 12.1 Å². The van der Waals surface area contributed by atoms with Gasteiger partial charge in [0.1, 0.15) is 17.6 Å². The smallest absolute Gasteiger partial charge is 0.416 e. The zero-order chi connectivity index (χ0) is 26.4. The van der Waals surface area contributed by atoms with E-state index >= 15 is 0 Å². The van der Waals surface area contributed by atoms with E-state index in [1.807, 2.05) is 18.2 Å². The van der Waals surface area contributed by atoms with Crippen LogP contribution in [0.25, 0.3) is 0 Å². The highest BCUT2D eigenvalue weighted by Crippen LogP contribution is 2.44. The SMILES string of the molecule is COC(=O)C[C@@H]1COc2cc(O[C@@H]3CCc4c3ccc(C(F)(F)F)c4CN3CCc4ccsc4C3)ccc21. The van der Waals surface area contributed by atoms with Gasteiger partial charge >= 0.3 is 12.1 Å². The second-order valence-electron chi connectivity index (χ2n) is 10.1. The molecule has 6 rings (SSSR count). The molecule has 9 heteroatoms. The van der Waals surface area contributed by atoms with Crippen LogP contribution in [0.5, 0.6) is 11.5 Å². The molecule has 0 amide bonds. The normalized spacial score (nSPS) is 20.4. The summed E-state index contributed by atoms with van der Waals surface area (Å²) in [6.45, 7) is 2.10. The zero-order valence-corrected chi connectivity index (χ0v) is 21.8. The number of benzene rings is 2. The Morgan fingerprint density at radius 2 is 2.00 bits per heavy atom. The van der Waals surface area contributed by atoms with Crippen molar-refractivity contribution in [3.05, 3.63) is 80.0 Å². The zero-order valence-electron chi connectivity index (χ0n) is 21.0. The van der Waals surface area contributed by atoms with Crippen LogP contribution in [-0.4, -0.2) is 31.1 Å². The molecule has 3 heterocycles. The Bertz CT molecular complexity index is 1370. The molecule has 0 saturated carbocycles. The van der Waals surface area contributed by atoms with Gasteiger partial charge in [-0.2, -0.15) is 13.2 Å². The Morgan fingerprint density at radius 1 is 1.16 bits per heavy atom. The van der Waals surface area contributed by atoms with Gasteiger partial charge in [-0.25, -0.2) is 0 Å². The first-order chi connectivity index (χ1) is 18.3. The molecular formula is C29H28F3NO4S. The molecule has 0 saturated heterocycles. The number of halogens is 3. The second kappa shape index (κ2) is 9.93. The largest absolute Gasteiger partial charge is 0.492 e. The van der Waals surface area contributed by atoms with Crippen molar-refractivity contribution in [2.24, 2.45) is 0 Å². The highest BCUT2D eigenvalue weighted by Gasteiger charge is 2.38. The molecule has 0 fully saturated rings. The Kier molecular flexibility index (Phi) is 6.60. The van der Waals surface area contributed by atoms with Crippen LogP contribution in [0.3, 0.4) is 0 Å². The Labute approximate surface area is 223 Å². The molecule has 2 atom stereocenters. The Morgan fingerprint density at radius 3 is 2.82 bits per heavy atom. The maximum atomic E-state index is 14.1. The van der Waals surface area contributed by atoms with Crippen molar-refractivity contribution in [3.8, 4) is 11.5 Å². The molecule has 1 aromatic heterocycles. The van der Waals surface area contributed by atoms with E-state index in [1.54, 1.807) is 17.4 Å². The lowest BCUT2D eigenvalue weighted by molar-refractivity contribution is -0.141. The summed E-state index contributed by atoms with van der Waals surface area (Å²) in [6.07, 6.45) is -2.48. The van der Waals surface area contributed by atoms with Crippen LogP contribution >= 0.6 is 11.3 Å². The van der Waals surface area contributed by atoms with Gasteiger partial charge in [-0.05, 0) is 65.1 Å². The minimum absolute atomic E-state index is 0.0675. The third-order valence-electron chi connectivity index (χ3n) is 7.84. The number of carbonyl (C=O) groups excluding carboxylic acids is 1. The number of alkyl halides is 3. The lowest BCUT2D eigenvalue weighted by Gasteiger charge is -2.29. The molecule has 0 radical (unpaired) electrons. The van der Waals surface area contributed by atoms with Crippen molar-refractivity contribution < 1.29 is 32.2 Å². The molecule has 5 nitrogen and oxygen atoms in total. The summed E-state index contributed by atoms with van der Waals surface area (Å²) in [5.41, 5.74) is 3.66. The van der Waals surface area contributed by atoms with Crippen LogP contribution in [0.2, 0.25) is 0 Å². The summed E-state index contributed by atoms with van der Waals surface area (Å²) in [5, 5.41) is 2.06. The predicted octanol–water partition coefficient (Wildman–Crippen LogP) is 6.43. The number of hydrogen-bond acceptors (Lipinski definition) is 6. The number of methoxy groups -OCH3 is 1. The average Bonchev–Trinajstić information content (AvgIpc) is 3.62. The van der Waals surface area contributed by atoms with Gasteiger partial charge in [-0.3, -0.25) is 9.69 Å². The third kappa shape index (κ3) is 4.78. The predicted molar refractivity (Wildman–Crippen MR) is 137 cm³/mol. The summed E-state index contributed by atoms with van der Waals surface area (Å²) in [7, 11) is 1.37. The van der Waals surface area contributed by atoms with E-state index in [9.17, 15) is 18.0 Å². The summed E-state index contributed by atoms with van der Waals surface area (Å²) in [5.74, 6) is 0.912. The quantitative estimate of drug-likeness (QED) is 0.336. The summed E-state index contributed by atoms with van der Waals surface area (Å²) in [6, 6.07) is 10.5. The monoisotopic (exact) mass is 543 g/mol. The van der Waals surface area contributed by atoms with E-state index in [2.05, 4.69) is 16.3 Å². The topological polar surface area (TPSA) is 48.0 Å². The van der Waals surface area contributed by atoms with Crippen LogP contribution in [0.15, 0.2) is 41.8 Å². The molecule has 0 bridgehead atoms. The number of thiophene rings is 1. The van der Waals surface area contributed by atoms with E-state index in [-0.39, 0.29) is 31.0 Å². The first-order valence-corrected chi connectivity index (χ1v) is 13.7. The van der Waals surface area contributed by atoms with E-state index in [4.69, 9.17) is 14.2 Å². The molecule has 200 valence electrons. The Balaban J connectivity index is 1.24. The molecule has 0 unspecified atom stereocenters. The standard InChI is InChI=1S/C29H28F3NO4S/c1-35-28(34)12-18-16-36-26-13-19(2-3-20(18)26)37-25-7-5-21-22(25)4-6-24(29(30,31)32)23(21)14-33-10-8-17-9-11-38-27(17)15-33/h2-4,6,9,11,13,18,25H,5,7-8,10,12,14-16H2,1H3/t18-,25-/m1/s1. The fraction of sp³-hybridized carbons (Fsp3) is 0.414. The lowest BCUT2D eigenvalue weighted by atomic mass is 9.95. The van der Waals surface area contributed by atoms with Gasteiger partial charge in [0.2, 0.25) is 0 Å². The minimum atomic E-state index is -4.41. The average molecular weight is 544 g/mol. The number of esters is 1. The molecule has 3 aliphatic rings. The van der Waals surface area contributed by atoms with Crippen LogP contribution in [0.1, 0.15) is 63.1 Å². The molecule has 0 N–H and O–H groups in total. The van der Waals surface area contributed by atoms with E-state index in [0.717, 1.165) is 29.7 Å². The van der Waals surface area contributed by atoms with Gasteiger partial charge in [0.25, 0.3) is 0 Å². The van der Waals surface area contributed by atoms with E-state index < -0.39 is 11.7 Å². The Hall–Kier alpha value is -3.04. The van der Waals surface area contributed by atoms with Crippen LogP contribution in [-0.2, 0) is 41.6 Å². The van der Waals surface area contributed by atoms with Crippen molar-refractivity contribution in [3.63, 3.8) is 0 Å². The molecule has 38 heavy (non-hydrogen) atoms. The van der Waals surface area contributed by atoms with Crippen molar-refractivity contribution >= 4 is 17.3 Å². The van der Waals surface area contributed by atoms with Crippen molar-refractivity contribution in [1.29, 1.82) is 0 Å². The van der Waals surface area contributed by atoms with Crippen LogP contribution in [0, 0.1) is 0 Å². The van der Waals surface area contributed by atoms with Crippen LogP contribution < -0.4 is 9.47 Å². The second-order valence-corrected chi connectivity index (χ2v) is 11.1. The van der Waals surface area contributed by atoms with Gasteiger partial charge in [-0.15, -0.1) is 11.3 Å². The molecule has 1 aliphatic carbocycles. The molecule has 2 aromatic carbocycles. The molecule has 3 aromatic rings. The number of nitrogens with zero attached hydrogens (tertiary/aromatic N) is 1.